The Kier molecular flexibility index (Phi) is 12.4. The second-order valence-corrected chi connectivity index (χ2v) is 16.4. The number of sulfonamides is 1. The molecule has 2 N–H and O–H groups in total. The summed E-state index contributed by atoms with van der Waals surface area (Å²) >= 11 is 4.88. The van der Waals surface area contributed by atoms with Crippen LogP contribution in [0.3, 0.4) is 0 Å². The van der Waals surface area contributed by atoms with Crippen molar-refractivity contribution in [1.82, 2.24) is 24.4 Å². The van der Waals surface area contributed by atoms with Crippen LogP contribution in [0, 0.1) is 18.8 Å². The molecule has 0 saturated carbocycles. The maximum atomic E-state index is 14.0. The normalized spacial score (nSPS) is 16.0. The zero-order chi connectivity index (χ0) is 33.6. The van der Waals surface area contributed by atoms with Crippen LogP contribution in [0.25, 0.3) is 0 Å². The highest BCUT2D eigenvalue weighted by molar-refractivity contribution is 9.10. The Labute approximate surface area is 285 Å². The number of carbonyl (C=O) groups is 2. The zero-order valence-electron chi connectivity index (χ0n) is 27.0. The average Bonchev–Trinajstić information content (AvgIpc) is 3.57. The number of halogens is 1. The fourth-order valence-electron chi connectivity index (χ4n) is 5.68. The highest BCUT2D eigenvalue weighted by Gasteiger charge is 2.40. The van der Waals surface area contributed by atoms with Crippen molar-refractivity contribution in [3.8, 4) is 0 Å². The van der Waals surface area contributed by atoms with E-state index in [9.17, 15) is 23.1 Å². The largest absolute Gasteiger partial charge is 0.390 e. The van der Waals surface area contributed by atoms with Gasteiger partial charge in [-0.1, -0.05) is 74.0 Å². The second kappa shape index (κ2) is 15.8. The van der Waals surface area contributed by atoms with E-state index < -0.39 is 28.2 Å². The van der Waals surface area contributed by atoms with Crippen molar-refractivity contribution in [2.24, 2.45) is 11.8 Å². The van der Waals surface area contributed by atoms with Crippen molar-refractivity contribution >= 4 is 49.2 Å². The summed E-state index contributed by atoms with van der Waals surface area (Å²) in [5, 5.41) is 17.6. The summed E-state index contributed by atoms with van der Waals surface area (Å²) in [5.41, 5.74) is 1.69. The summed E-state index contributed by atoms with van der Waals surface area (Å²) < 4.78 is 29.5. The van der Waals surface area contributed by atoms with Gasteiger partial charge in [0.25, 0.3) is 0 Å². The second-order valence-electron chi connectivity index (χ2n) is 12.5. The topological polar surface area (TPSA) is 123 Å². The minimum Gasteiger partial charge on any atom is -0.390 e. The van der Waals surface area contributed by atoms with Crippen LogP contribution in [-0.2, 0) is 27.8 Å². The van der Waals surface area contributed by atoms with Gasteiger partial charge in [0.15, 0.2) is 0 Å². The molecule has 250 valence electrons. The Balaban J connectivity index is 1.56. The van der Waals surface area contributed by atoms with E-state index in [4.69, 9.17) is 0 Å². The molecule has 0 spiro atoms. The molecular weight excluding hydrogens is 690 g/mol. The van der Waals surface area contributed by atoms with Gasteiger partial charge in [-0.3, -0.25) is 4.79 Å². The van der Waals surface area contributed by atoms with E-state index in [2.05, 4.69) is 26.2 Å². The summed E-state index contributed by atoms with van der Waals surface area (Å²) in [6.45, 7) is 10.7. The van der Waals surface area contributed by atoms with E-state index in [1.54, 1.807) is 21.9 Å². The summed E-state index contributed by atoms with van der Waals surface area (Å²) in [4.78, 5) is 35.4. The fourth-order valence-corrected chi connectivity index (χ4v) is 8.17. The van der Waals surface area contributed by atoms with Gasteiger partial charge >= 0.3 is 6.03 Å². The van der Waals surface area contributed by atoms with Crippen LogP contribution in [0.2, 0.25) is 0 Å². The first-order chi connectivity index (χ1) is 21.8. The molecule has 3 aromatic rings. The first-order valence-corrected chi connectivity index (χ1v) is 18.6. The van der Waals surface area contributed by atoms with Gasteiger partial charge < -0.3 is 20.2 Å². The van der Waals surface area contributed by atoms with Crippen LogP contribution in [0.1, 0.15) is 44.0 Å². The number of thiazole rings is 1. The van der Waals surface area contributed by atoms with E-state index in [1.165, 1.54) is 27.8 Å². The Hall–Kier alpha value is -2.84. The Morgan fingerprint density at radius 2 is 1.74 bits per heavy atom. The van der Waals surface area contributed by atoms with Crippen LogP contribution >= 0.6 is 27.3 Å². The molecular formula is C33H44BrN5O5S2. The lowest BCUT2D eigenvalue weighted by molar-refractivity contribution is -0.128. The number of hydrogen-bond acceptors (Lipinski definition) is 7. The van der Waals surface area contributed by atoms with Crippen LogP contribution in [0.5, 0.6) is 0 Å². The molecule has 0 bridgehead atoms. The minimum absolute atomic E-state index is 0.0118. The lowest BCUT2D eigenvalue weighted by Crippen LogP contribution is -2.57. The number of aliphatic hydroxyl groups excluding tert-OH is 1. The molecule has 0 radical (unpaired) electrons. The van der Waals surface area contributed by atoms with Crippen LogP contribution in [0.4, 0.5) is 4.79 Å². The molecule has 1 aromatic heterocycles. The minimum atomic E-state index is -3.95. The number of benzene rings is 2. The van der Waals surface area contributed by atoms with E-state index >= 15 is 0 Å². The van der Waals surface area contributed by atoms with Crippen LogP contribution < -0.4 is 5.32 Å². The van der Waals surface area contributed by atoms with Gasteiger partial charge in [0.1, 0.15) is 6.04 Å². The lowest BCUT2D eigenvalue weighted by atomic mass is 9.97. The number of nitrogens with zero attached hydrogens (tertiary/aromatic N) is 4. The number of aliphatic hydroxyl groups is 1. The molecule has 3 amide bonds. The first kappa shape index (κ1) is 36.0. The van der Waals surface area contributed by atoms with E-state index in [0.29, 0.717) is 19.6 Å². The van der Waals surface area contributed by atoms with E-state index in [1.807, 2.05) is 70.3 Å². The fraction of sp³-hybridized carbons (Fsp3) is 0.485. The maximum absolute atomic E-state index is 14.0. The van der Waals surface area contributed by atoms with E-state index in [0.717, 1.165) is 20.7 Å². The molecule has 2 heterocycles. The lowest BCUT2D eigenvalue weighted by Gasteiger charge is -2.34. The van der Waals surface area contributed by atoms with Gasteiger partial charge in [0, 0.05) is 36.0 Å². The first-order valence-electron chi connectivity index (χ1n) is 15.5. The Bertz CT molecular complexity index is 1570. The predicted molar refractivity (Wildman–Crippen MR) is 184 cm³/mol. The van der Waals surface area contributed by atoms with Gasteiger partial charge in [-0.15, -0.1) is 11.3 Å². The third-order valence-electron chi connectivity index (χ3n) is 7.88. The molecule has 1 aliphatic rings. The number of nitrogens with one attached hydrogen (secondary N) is 1. The molecule has 3 atom stereocenters. The van der Waals surface area contributed by atoms with Gasteiger partial charge in [-0.05, 0) is 55.0 Å². The van der Waals surface area contributed by atoms with Gasteiger partial charge in [-0.2, -0.15) is 4.31 Å². The monoisotopic (exact) mass is 733 g/mol. The van der Waals surface area contributed by atoms with Crippen molar-refractivity contribution in [2.75, 3.05) is 26.2 Å². The molecule has 0 unspecified atom stereocenters. The van der Waals surface area contributed by atoms with Crippen LogP contribution in [0.15, 0.2) is 69.3 Å². The Morgan fingerprint density at radius 3 is 2.33 bits per heavy atom. The Morgan fingerprint density at radius 1 is 1.07 bits per heavy atom. The van der Waals surface area contributed by atoms with Crippen molar-refractivity contribution in [1.29, 1.82) is 0 Å². The van der Waals surface area contributed by atoms with Crippen molar-refractivity contribution in [2.45, 2.75) is 70.7 Å². The molecule has 10 nitrogen and oxygen atoms in total. The predicted octanol–water partition coefficient (Wildman–Crippen LogP) is 4.91. The standard InChI is InChI=1S/C33H44BrN5O5S2/c1-22(2)18-38(46(43,44)28-13-11-26(34)12-14-28)20-30(40)29(17-25-9-7-6-8-10-25)36-32(41)31(23(3)4)39-16-15-37(33(39)42)19-27-21-45-24(5)35-27/h6-14,21-23,29-31,40H,15-20H2,1-5H3,(H,36,41)/t29-,30-,31-/m0/s1. The van der Waals surface area contributed by atoms with E-state index in [-0.39, 0.29) is 48.2 Å². The summed E-state index contributed by atoms with van der Waals surface area (Å²) in [7, 11) is -3.95. The van der Waals surface area contributed by atoms with Gasteiger partial charge in [-0.25, -0.2) is 18.2 Å². The molecule has 1 aliphatic heterocycles. The average molecular weight is 735 g/mol. The number of aryl methyl sites for hydroxylation is 1. The van der Waals surface area contributed by atoms with Crippen LogP contribution in [-0.4, -0.2) is 88.9 Å². The van der Waals surface area contributed by atoms with Crippen molar-refractivity contribution < 1.29 is 23.1 Å². The number of hydrogen-bond donors (Lipinski definition) is 2. The SMILES string of the molecule is Cc1nc(CN2CCN([C@H](C(=O)N[C@@H](Cc3ccccc3)[C@@H](O)CN(CC(C)C)S(=O)(=O)c3ccc(Br)cc3)C(C)C)C2=O)cs1. The quantitative estimate of drug-likeness (QED) is 0.229. The number of amides is 3. The summed E-state index contributed by atoms with van der Waals surface area (Å²) in [6, 6.07) is 14.0. The number of rotatable bonds is 15. The van der Waals surface area contributed by atoms with Gasteiger partial charge in [0.05, 0.1) is 34.3 Å². The smallest absolute Gasteiger partial charge is 0.321 e. The third kappa shape index (κ3) is 9.15. The molecule has 0 aliphatic carbocycles. The van der Waals surface area contributed by atoms with Crippen molar-refractivity contribution in [3.05, 3.63) is 80.7 Å². The highest BCUT2D eigenvalue weighted by atomic mass is 79.9. The number of aromatic nitrogens is 1. The molecule has 13 heteroatoms. The zero-order valence-corrected chi connectivity index (χ0v) is 30.2. The maximum Gasteiger partial charge on any atom is 0.321 e. The van der Waals surface area contributed by atoms with Crippen molar-refractivity contribution in [3.63, 3.8) is 0 Å². The molecule has 1 fully saturated rings. The molecule has 4 rings (SSSR count). The highest BCUT2D eigenvalue weighted by Crippen LogP contribution is 2.24. The summed E-state index contributed by atoms with van der Waals surface area (Å²) in [5.74, 6) is -0.613. The molecule has 46 heavy (non-hydrogen) atoms. The number of carbonyl (C=O) groups excluding carboxylic acids is 2. The van der Waals surface area contributed by atoms with Gasteiger partial charge in [0.2, 0.25) is 15.9 Å². The molecule has 2 aromatic carbocycles. The third-order valence-corrected chi connectivity index (χ3v) is 11.1. The summed E-state index contributed by atoms with van der Waals surface area (Å²) in [6.07, 6.45) is -0.963. The number of urea groups is 1. The molecule has 1 saturated heterocycles.